The fourth-order valence-corrected chi connectivity index (χ4v) is 4.34. The first-order valence-electron chi connectivity index (χ1n) is 10.3. The summed E-state index contributed by atoms with van der Waals surface area (Å²) in [6.45, 7) is 4.73. The van der Waals surface area contributed by atoms with Crippen LogP contribution in [0.3, 0.4) is 0 Å². The molecule has 32 heavy (non-hydrogen) atoms. The third-order valence-corrected chi connectivity index (χ3v) is 6.41. The molecule has 2 amide bonds. The highest BCUT2D eigenvalue weighted by atomic mass is 35.5. The Morgan fingerprint density at radius 2 is 1.88 bits per heavy atom. The number of hydrogen-bond donors (Lipinski definition) is 1. The molecule has 1 saturated heterocycles. The van der Waals surface area contributed by atoms with Gasteiger partial charge in [-0.25, -0.2) is 9.78 Å². The van der Waals surface area contributed by atoms with Gasteiger partial charge in [0.1, 0.15) is 5.75 Å². The van der Waals surface area contributed by atoms with Crippen LogP contribution in [-0.4, -0.2) is 64.7 Å². The summed E-state index contributed by atoms with van der Waals surface area (Å²) in [6.07, 6.45) is -0.962. The summed E-state index contributed by atoms with van der Waals surface area (Å²) in [5.41, 5.74) is 3.65. The second-order valence-corrected chi connectivity index (χ2v) is 8.31. The number of amides is 2. The Hall–Kier alpha value is -3.32. The van der Waals surface area contributed by atoms with E-state index in [1.165, 1.54) is 4.90 Å². The Labute approximate surface area is 191 Å². The number of hydrogen-bond acceptors (Lipinski definition) is 4. The maximum absolute atomic E-state index is 13.1. The average Bonchev–Trinajstić information content (AvgIpc) is 2.80. The standard InChI is InChI=1S/C24H24ClN3O4/c1-14-13-27(10-11-28(14)24(30)31)23(29)17-6-9-19-20(12-17)26-22(15(2)21(19)25)16-4-7-18(32-3)8-5-16/h4-9,12,14H,10-11,13H2,1-3H3,(H,30,31). The van der Waals surface area contributed by atoms with Gasteiger partial charge in [0.15, 0.2) is 0 Å². The molecule has 0 radical (unpaired) electrons. The number of carboxylic acid groups (broad SMARTS) is 1. The normalized spacial score (nSPS) is 16.3. The van der Waals surface area contributed by atoms with E-state index in [0.29, 0.717) is 35.7 Å². The lowest BCUT2D eigenvalue weighted by atomic mass is 10.0. The van der Waals surface area contributed by atoms with E-state index in [4.69, 9.17) is 21.3 Å². The van der Waals surface area contributed by atoms with Gasteiger partial charge in [0.2, 0.25) is 0 Å². The van der Waals surface area contributed by atoms with Gasteiger partial charge < -0.3 is 19.6 Å². The molecule has 0 saturated carbocycles. The first-order chi connectivity index (χ1) is 15.3. The Kier molecular flexibility index (Phi) is 5.93. The molecule has 166 valence electrons. The van der Waals surface area contributed by atoms with E-state index in [2.05, 4.69) is 0 Å². The molecule has 1 atom stereocenters. The highest BCUT2D eigenvalue weighted by Gasteiger charge is 2.30. The molecule has 4 rings (SSSR count). The molecule has 1 aliphatic rings. The van der Waals surface area contributed by atoms with E-state index >= 15 is 0 Å². The molecule has 7 nitrogen and oxygen atoms in total. The van der Waals surface area contributed by atoms with Crippen molar-refractivity contribution in [1.82, 2.24) is 14.8 Å². The maximum Gasteiger partial charge on any atom is 0.407 e. The predicted octanol–water partition coefficient (Wildman–Crippen LogP) is 4.70. The Balaban J connectivity index is 1.68. The molecule has 2 aromatic carbocycles. The van der Waals surface area contributed by atoms with Gasteiger partial charge in [0.25, 0.3) is 5.91 Å². The minimum Gasteiger partial charge on any atom is -0.497 e. The van der Waals surface area contributed by atoms with Crippen LogP contribution in [0.1, 0.15) is 22.8 Å². The summed E-state index contributed by atoms with van der Waals surface area (Å²) in [6, 6.07) is 12.6. The summed E-state index contributed by atoms with van der Waals surface area (Å²) < 4.78 is 5.23. The summed E-state index contributed by atoms with van der Waals surface area (Å²) in [5.74, 6) is 0.608. The third kappa shape index (κ3) is 3.96. The lowest BCUT2D eigenvalue weighted by Crippen LogP contribution is -2.55. The number of fused-ring (bicyclic) bond motifs is 1. The monoisotopic (exact) mass is 453 g/mol. The van der Waals surface area contributed by atoms with Crippen LogP contribution >= 0.6 is 11.6 Å². The van der Waals surface area contributed by atoms with Crippen molar-refractivity contribution < 1.29 is 19.4 Å². The van der Waals surface area contributed by atoms with E-state index in [9.17, 15) is 14.7 Å². The van der Waals surface area contributed by atoms with Crippen molar-refractivity contribution in [2.75, 3.05) is 26.7 Å². The molecule has 8 heteroatoms. The van der Waals surface area contributed by atoms with E-state index in [1.807, 2.05) is 37.3 Å². The number of pyridine rings is 1. The van der Waals surface area contributed by atoms with Crippen LogP contribution in [0.4, 0.5) is 4.79 Å². The minimum atomic E-state index is -0.962. The second kappa shape index (κ2) is 8.67. The number of ether oxygens (including phenoxy) is 1. The maximum atomic E-state index is 13.1. The van der Waals surface area contributed by atoms with Gasteiger partial charge in [-0.15, -0.1) is 0 Å². The van der Waals surface area contributed by atoms with Crippen LogP contribution in [0, 0.1) is 6.92 Å². The molecule has 0 aliphatic carbocycles. The molecule has 2 heterocycles. The molecule has 1 aromatic heterocycles. The van der Waals surface area contributed by atoms with Crippen LogP contribution in [0.2, 0.25) is 5.02 Å². The van der Waals surface area contributed by atoms with Crippen molar-refractivity contribution in [3.05, 3.63) is 58.6 Å². The lowest BCUT2D eigenvalue weighted by molar-refractivity contribution is 0.0507. The summed E-state index contributed by atoms with van der Waals surface area (Å²) >= 11 is 6.66. The number of rotatable bonds is 3. The van der Waals surface area contributed by atoms with E-state index in [0.717, 1.165) is 28.0 Å². The van der Waals surface area contributed by atoms with Gasteiger partial charge in [-0.3, -0.25) is 4.79 Å². The van der Waals surface area contributed by atoms with Crippen molar-refractivity contribution in [3.8, 4) is 17.0 Å². The topological polar surface area (TPSA) is 83.0 Å². The molecule has 0 bridgehead atoms. The molecule has 1 aliphatic heterocycles. The first kappa shape index (κ1) is 21.9. The molecular weight excluding hydrogens is 430 g/mol. The fourth-order valence-electron chi connectivity index (χ4n) is 4.09. The van der Waals surface area contributed by atoms with Crippen LogP contribution < -0.4 is 4.74 Å². The number of piperazine rings is 1. The Bertz CT molecular complexity index is 1200. The van der Waals surface area contributed by atoms with Gasteiger partial charge in [-0.05, 0) is 55.8 Å². The molecule has 1 fully saturated rings. The number of halogens is 1. The second-order valence-electron chi connectivity index (χ2n) is 7.94. The fraction of sp³-hybridized carbons (Fsp3) is 0.292. The van der Waals surface area contributed by atoms with Crippen LogP contribution in [0.5, 0.6) is 5.75 Å². The Morgan fingerprint density at radius 3 is 2.50 bits per heavy atom. The van der Waals surface area contributed by atoms with E-state index in [-0.39, 0.29) is 11.9 Å². The molecular formula is C24H24ClN3O4. The zero-order valence-corrected chi connectivity index (χ0v) is 18.9. The van der Waals surface area contributed by atoms with Crippen molar-refractivity contribution in [2.45, 2.75) is 19.9 Å². The van der Waals surface area contributed by atoms with Crippen molar-refractivity contribution in [3.63, 3.8) is 0 Å². The SMILES string of the molecule is COc1ccc(-c2nc3cc(C(=O)N4CCN(C(=O)O)C(C)C4)ccc3c(Cl)c2C)cc1. The van der Waals surface area contributed by atoms with Crippen molar-refractivity contribution in [2.24, 2.45) is 0 Å². The molecule has 3 aromatic rings. The van der Waals surface area contributed by atoms with Gasteiger partial charge in [0, 0.05) is 42.2 Å². The van der Waals surface area contributed by atoms with Gasteiger partial charge in [0.05, 0.1) is 23.3 Å². The number of aromatic nitrogens is 1. The van der Waals surface area contributed by atoms with Crippen molar-refractivity contribution in [1.29, 1.82) is 0 Å². The lowest BCUT2D eigenvalue weighted by Gasteiger charge is -2.38. The number of methoxy groups -OCH3 is 1. The largest absolute Gasteiger partial charge is 0.497 e. The molecule has 1 N–H and O–H groups in total. The smallest absolute Gasteiger partial charge is 0.407 e. The first-order valence-corrected chi connectivity index (χ1v) is 10.7. The zero-order valence-electron chi connectivity index (χ0n) is 18.1. The number of carbonyl (C=O) groups excluding carboxylic acids is 1. The van der Waals surface area contributed by atoms with Gasteiger partial charge in [-0.2, -0.15) is 0 Å². The van der Waals surface area contributed by atoms with E-state index < -0.39 is 6.09 Å². The predicted molar refractivity (Wildman–Crippen MR) is 124 cm³/mol. The van der Waals surface area contributed by atoms with Crippen LogP contribution in [-0.2, 0) is 0 Å². The van der Waals surface area contributed by atoms with Crippen molar-refractivity contribution >= 4 is 34.5 Å². The summed E-state index contributed by atoms with van der Waals surface area (Å²) in [7, 11) is 1.62. The zero-order chi connectivity index (χ0) is 23.0. The van der Waals surface area contributed by atoms with Crippen LogP contribution in [0.15, 0.2) is 42.5 Å². The highest BCUT2D eigenvalue weighted by molar-refractivity contribution is 6.36. The number of benzene rings is 2. The summed E-state index contributed by atoms with van der Waals surface area (Å²) in [4.78, 5) is 32.3. The summed E-state index contributed by atoms with van der Waals surface area (Å²) in [5, 5.41) is 10.6. The van der Waals surface area contributed by atoms with Gasteiger partial charge >= 0.3 is 6.09 Å². The van der Waals surface area contributed by atoms with Crippen LogP contribution in [0.25, 0.3) is 22.2 Å². The average molecular weight is 454 g/mol. The Morgan fingerprint density at radius 1 is 1.16 bits per heavy atom. The van der Waals surface area contributed by atoms with E-state index in [1.54, 1.807) is 31.1 Å². The molecule has 0 spiro atoms. The van der Waals surface area contributed by atoms with Gasteiger partial charge in [-0.1, -0.05) is 17.7 Å². The highest BCUT2D eigenvalue weighted by Crippen LogP contribution is 2.34. The third-order valence-electron chi connectivity index (χ3n) is 5.92. The molecule has 1 unspecified atom stereocenters. The minimum absolute atomic E-state index is 0.145. The number of carbonyl (C=O) groups is 2. The number of nitrogens with zero attached hydrogens (tertiary/aromatic N) is 3. The quantitative estimate of drug-likeness (QED) is 0.621.